The first-order valence-corrected chi connectivity index (χ1v) is 5.36. The number of aryl methyl sites for hydroxylation is 2. The molecule has 2 rings (SSSR count). The third-order valence-corrected chi connectivity index (χ3v) is 2.71. The van der Waals surface area contributed by atoms with E-state index in [1.807, 2.05) is 13.1 Å². The number of aromatic nitrogens is 2. The second-order valence-corrected chi connectivity index (χ2v) is 3.86. The summed E-state index contributed by atoms with van der Waals surface area (Å²) in [6.07, 6.45) is 3.33. The van der Waals surface area contributed by atoms with E-state index >= 15 is 0 Å². The van der Waals surface area contributed by atoms with Crippen LogP contribution in [-0.2, 0) is 13.5 Å². The molecule has 2 aromatic rings. The molecule has 0 spiro atoms. The number of hydrogen-bond donors (Lipinski definition) is 1. The Kier molecular flexibility index (Phi) is 2.62. The number of rotatable bonds is 3. The largest absolute Gasteiger partial charge is 0.508 e. The molecule has 0 amide bonds. The summed E-state index contributed by atoms with van der Waals surface area (Å²) < 4.78 is 2.06. The number of fused-ring (bicyclic) bond motifs is 1. The lowest BCUT2D eigenvalue weighted by Crippen LogP contribution is -1.97. The van der Waals surface area contributed by atoms with E-state index in [2.05, 4.69) is 16.5 Å². The average molecular weight is 204 g/mol. The first-order chi connectivity index (χ1) is 7.22. The topological polar surface area (TPSA) is 38.1 Å². The fourth-order valence-electron chi connectivity index (χ4n) is 1.79. The molecule has 1 aromatic carbocycles. The van der Waals surface area contributed by atoms with Gasteiger partial charge in [0.15, 0.2) is 0 Å². The minimum Gasteiger partial charge on any atom is -0.508 e. The molecule has 15 heavy (non-hydrogen) atoms. The highest BCUT2D eigenvalue weighted by atomic mass is 16.3. The van der Waals surface area contributed by atoms with Crippen LogP contribution in [-0.4, -0.2) is 14.7 Å². The SMILES string of the molecule is CCCCc1nc2ccc(O)cc2n1C. The molecule has 0 aliphatic rings. The summed E-state index contributed by atoms with van der Waals surface area (Å²) in [6, 6.07) is 5.30. The van der Waals surface area contributed by atoms with E-state index in [4.69, 9.17) is 0 Å². The number of benzene rings is 1. The van der Waals surface area contributed by atoms with Gasteiger partial charge in [0, 0.05) is 19.5 Å². The number of phenolic OH excluding ortho intramolecular Hbond substituents is 1. The quantitative estimate of drug-likeness (QED) is 0.834. The number of imidazole rings is 1. The van der Waals surface area contributed by atoms with Gasteiger partial charge in [0.1, 0.15) is 11.6 Å². The van der Waals surface area contributed by atoms with Crippen LogP contribution in [0.1, 0.15) is 25.6 Å². The number of unbranched alkanes of at least 4 members (excludes halogenated alkanes) is 1. The van der Waals surface area contributed by atoms with Crippen molar-refractivity contribution in [2.45, 2.75) is 26.2 Å². The van der Waals surface area contributed by atoms with E-state index in [0.29, 0.717) is 5.75 Å². The minimum absolute atomic E-state index is 0.299. The average Bonchev–Trinajstić information content (AvgIpc) is 2.53. The Bertz CT molecular complexity index is 474. The number of hydrogen-bond acceptors (Lipinski definition) is 2. The third-order valence-electron chi connectivity index (χ3n) is 2.71. The molecule has 0 saturated heterocycles. The Morgan fingerprint density at radius 2 is 2.20 bits per heavy atom. The zero-order valence-electron chi connectivity index (χ0n) is 9.20. The van der Waals surface area contributed by atoms with Gasteiger partial charge in [-0.05, 0) is 18.6 Å². The van der Waals surface area contributed by atoms with Gasteiger partial charge >= 0.3 is 0 Å². The predicted octanol–water partition coefficient (Wildman–Crippen LogP) is 2.62. The van der Waals surface area contributed by atoms with Crippen LogP contribution in [0.3, 0.4) is 0 Å². The lowest BCUT2D eigenvalue weighted by atomic mass is 10.2. The minimum atomic E-state index is 0.299. The molecule has 3 heteroatoms. The van der Waals surface area contributed by atoms with Gasteiger partial charge in [0.05, 0.1) is 11.0 Å². The van der Waals surface area contributed by atoms with Crippen molar-refractivity contribution in [1.82, 2.24) is 9.55 Å². The number of aromatic hydroxyl groups is 1. The van der Waals surface area contributed by atoms with Crippen LogP contribution in [0.25, 0.3) is 11.0 Å². The molecule has 0 unspecified atom stereocenters. The first-order valence-electron chi connectivity index (χ1n) is 5.36. The highest BCUT2D eigenvalue weighted by molar-refractivity contribution is 5.77. The zero-order valence-corrected chi connectivity index (χ0v) is 9.20. The Labute approximate surface area is 89.4 Å². The molecule has 0 atom stereocenters. The monoisotopic (exact) mass is 204 g/mol. The van der Waals surface area contributed by atoms with Gasteiger partial charge in [0.2, 0.25) is 0 Å². The molecular weight excluding hydrogens is 188 g/mol. The van der Waals surface area contributed by atoms with Gasteiger partial charge in [-0.3, -0.25) is 0 Å². The van der Waals surface area contributed by atoms with E-state index < -0.39 is 0 Å². The predicted molar refractivity (Wildman–Crippen MR) is 61.0 cm³/mol. The third kappa shape index (κ3) is 1.82. The smallest absolute Gasteiger partial charge is 0.117 e. The van der Waals surface area contributed by atoms with E-state index in [1.165, 1.54) is 6.42 Å². The summed E-state index contributed by atoms with van der Waals surface area (Å²) in [5.41, 5.74) is 1.96. The molecule has 1 aromatic heterocycles. The van der Waals surface area contributed by atoms with E-state index in [9.17, 15) is 5.11 Å². The summed E-state index contributed by atoms with van der Waals surface area (Å²) >= 11 is 0. The van der Waals surface area contributed by atoms with Crippen molar-refractivity contribution in [1.29, 1.82) is 0 Å². The highest BCUT2D eigenvalue weighted by Crippen LogP contribution is 2.20. The summed E-state index contributed by atoms with van der Waals surface area (Å²) in [7, 11) is 2.00. The Hall–Kier alpha value is -1.51. The van der Waals surface area contributed by atoms with Gasteiger partial charge in [-0.25, -0.2) is 4.98 Å². The first kappa shape index (κ1) is 10.0. The molecule has 0 saturated carbocycles. The van der Waals surface area contributed by atoms with Gasteiger partial charge in [0.25, 0.3) is 0 Å². The van der Waals surface area contributed by atoms with Gasteiger partial charge in [-0.2, -0.15) is 0 Å². The highest BCUT2D eigenvalue weighted by Gasteiger charge is 2.07. The molecule has 1 heterocycles. The molecule has 1 N–H and O–H groups in total. The van der Waals surface area contributed by atoms with Crippen molar-refractivity contribution in [2.75, 3.05) is 0 Å². The van der Waals surface area contributed by atoms with Crippen molar-refractivity contribution < 1.29 is 5.11 Å². The number of phenols is 1. The summed E-state index contributed by atoms with van der Waals surface area (Å²) in [5, 5.41) is 9.40. The summed E-state index contributed by atoms with van der Waals surface area (Å²) in [5.74, 6) is 1.39. The Morgan fingerprint density at radius 1 is 1.40 bits per heavy atom. The van der Waals surface area contributed by atoms with Crippen LogP contribution in [0, 0.1) is 0 Å². The second-order valence-electron chi connectivity index (χ2n) is 3.86. The Morgan fingerprint density at radius 3 is 2.93 bits per heavy atom. The normalized spacial score (nSPS) is 11.1. The van der Waals surface area contributed by atoms with Crippen molar-refractivity contribution in [2.24, 2.45) is 7.05 Å². The molecular formula is C12H16N2O. The maximum atomic E-state index is 9.40. The van der Waals surface area contributed by atoms with Crippen LogP contribution < -0.4 is 0 Å². The van der Waals surface area contributed by atoms with Gasteiger partial charge in [-0.1, -0.05) is 13.3 Å². The van der Waals surface area contributed by atoms with E-state index in [0.717, 1.165) is 29.7 Å². The number of nitrogens with zero attached hydrogens (tertiary/aromatic N) is 2. The Balaban J connectivity index is 2.45. The van der Waals surface area contributed by atoms with Gasteiger partial charge in [-0.15, -0.1) is 0 Å². The van der Waals surface area contributed by atoms with Crippen molar-refractivity contribution in [3.05, 3.63) is 24.0 Å². The molecule has 0 bridgehead atoms. The lowest BCUT2D eigenvalue weighted by molar-refractivity contribution is 0.476. The van der Waals surface area contributed by atoms with Gasteiger partial charge < -0.3 is 9.67 Å². The van der Waals surface area contributed by atoms with Crippen molar-refractivity contribution >= 4 is 11.0 Å². The van der Waals surface area contributed by atoms with E-state index in [-0.39, 0.29) is 0 Å². The molecule has 0 fully saturated rings. The van der Waals surface area contributed by atoms with Crippen molar-refractivity contribution in [3.63, 3.8) is 0 Å². The molecule has 0 aliphatic carbocycles. The lowest BCUT2D eigenvalue weighted by Gasteiger charge is -2.00. The second kappa shape index (κ2) is 3.93. The van der Waals surface area contributed by atoms with Crippen LogP contribution in [0.2, 0.25) is 0 Å². The molecule has 0 radical (unpaired) electrons. The zero-order chi connectivity index (χ0) is 10.8. The molecule has 3 nitrogen and oxygen atoms in total. The van der Waals surface area contributed by atoms with Crippen LogP contribution in [0.5, 0.6) is 5.75 Å². The van der Waals surface area contributed by atoms with Crippen LogP contribution in [0.15, 0.2) is 18.2 Å². The fourth-order valence-corrected chi connectivity index (χ4v) is 1.79. The maximum absolute atomic E-state index is 9.40. The maximum Gasteiger partial charge on any atom is 0.117 e. The van der Waals surface area contributed by atoms with Crippen LogP contribution in [0.4, 0.5) is 0 Å². The standard InChI is InChI=1S/C12H16N2O/c1-3-4-5-12-13-10-7-6-9(15)8-11(10)14(12)2/h6-8,15H,3-5H2,1-2H3. The van der Waals surface area contributed by atoms with Crippen LogP contribution >= 0.6 is 0 Å². The van der Waals surface area contributed by atoms with E-state index in [1.54, 1.807) is 12.1 Å². The molecule has 80 valence electrons. The van der Waals surface area contributed by atoms with Crippen molar-refractivity contribution in [3.8, 4) is 5.75 Å². The summed E-state index contributed by atoms with van der Waals surface area (Å²) in [4.78, 5) is 4.54. The molecule has 0 aliphatic heterocycles. The fraction of sp³-hybridized carbons (Fsp3) is 0.417. The summed E-state index contributed by atoms with van der Waals surface area (Å²) in [6.45, 7) is 2.18.